The van der Waals surface area contributed by atoms with Gasteiger partial charge in [0.15, 0.2) is 0 Å². The Kier molecular flexibility index (Phi) is 3.11. The molecule has 0 N–H and O–H groups in total. The number of nitrogens with zero attached hydrogens (tertiary/aromatic N) is 2. The van der Waals surface area contributed by atoms with Crippen molar-refractivity contribution in [1.29, 1.82) is 0 Å². The molecule has 0 aliphatic carbocycles. The Morgan fingerprint density at radius 1 is 1.58 bits per heavy atom. The van der Waals surface area contributed by atoms with E-state index in [0.29, 0.717) is 6.61 Å². The molecular weight excluding hydrogens is 244 g/mol. The first-order valence-corrected chi connectivity index (χ1v) is 6.56. The number of ether oxygens (including phenoxy) is 1. The molecule has 0 bridgehead atoms. The van der Waals surface area contributed by atoms with E-state index in [1.807, 2.05) is 24.0 Å². The first-order chi connectivity index (χ1) is 9.31. The summed E-state index contributed by atoms with van der Waals surface area (Å²) in [6.45, 7) is 3.06. The number of hydrogen-bond acceptors (Lipinski definition) is 5. The molecule has 1 fully saturated rings. The van der Waals surface area contributed by atoms with Crippen LogP contribution in [-0.2, 0) is 9.53 Å². The van der Waals surface area contributed by atoms with Gasteiger partial charge in [-0.2, -0.15) is 0 Å². The average molecular weight is 260 g/mol. The van der Waals surface area contributed by atoms with Crippen molar-refractivity contribution in [3.8, 4) is 0 Å². The van der Waals surface area contributed by atoms with Gasteiger partial charge in [-0.05, 0) is 31.9 Å². The van der Waals surface area contributed by atoms with Crippen LogP contribution >= 0.6 is 0 Å². The predicted molar refractivity (Wildman–Crippen MR) is 71.0 cm³/mol. The monoisotopic (exact) mass is 260 g/mol. The van der Waals surface area contributed by atoms with Crippen molar-refractivity contribution in [1.82, 2.24) is 4.98 Å². The van der Waals surface area contributed by atoms with Gasteiger partial charge in [0.05, 0.1) is 18.3 Å². The maximum atomic E-state index is 12.0. The van der Waals surface area contributed by atoms with Crippen molar-refractivity contribution in [3.05, 3.63) is 24.6 Å². The third-order valence-electron chi connectivity index (χ3n) is 3.44. The molecule has 2 aromatic heterocycles. The lowest BCUT2D eigenvalue weighted by atomic mass is 10.2. The predicted octanol–water partition coefficient (Wildman–Crippen LogP) is 2.36. The van der Waals surface area contributed by atoms with Crippen LogP contribution in [0.1, 0.15) is 19.8 Å². The van der Waals surface area contributed by atoms with Crippen LogP contribution in [0.2, 0.25) is 0 Å². The molecule has 0 spiro atoms. The summed E-state index contributed by atoms with van der Waals surface area (Å²) >= 11 is 0. The first-order valence-electron chi connectivity index (χ1n) is 6.56. The third kappa shape index (κ3) is 2.05. The molecule has 5 nitrogen and oxygen atoms in total. The molecule has 1 aliphatic rings. The van der Waals surface area contributed by atoms with Gasteiger partial charge in [0.1, 0.15) is 17.4 Å². The molecule has 0 aromatic carbocycles. The van der Waals surface area contributed by atoms with E-state index in [0.717, 1.165) is 36.2 Å². The van der Waals surface area contributed by atoms with Gasteiger partial charge in [0.2, 0.25) is 0 Å². The summed E-state index contributed by atoms with van der Waals surface area (Å²) in [6.07, 6.45) is 5.14. The maximum Gasteiger partial charge on any atom is 0.328 e. The largest absolute Gasteiger partial charge is 0.464 e. The Morgan fingerprint density at radius 3 is 3.32 bits per heavy atom. The van der Waals surface area contributed by atoms with Crippen LogP contribution < -0.4 is 4.90 Å². The summed E-state index contributed by atoms with van der Waals surface area (Å²) in [4.78, 5) is 18.4. The van der Waals surface area contributed by atoms with Crippen LogP contribution in [0.15, 0.2) is 29.0 Å². The van der Waals surface area contributed by atoms with E-state index >= 15 is 0 Å². The van der Waals surface area contributed by atoms with Gasteiger partial charge in [-0.25, -0.2) is 9.78 Å². The number of aromatic nitrogens is 1. The second kappa shape index (κ2) is 4.91. The molecule has 1 saturated heterocycles. The number of furan rings is 1. The van der Waals surface area contributed by atoms with E-state index < -0.39 is 0 Å². The van der Waals surface area contributed by atoms with Gasteiger partial charge in [-0.1, -0.05) is 0 Å². The number of anilines is 1. The van der Waals surface area contributed by atoms with Crippen molar-refractivity contribution < 1.29 is 13.9 Å². The van der Waals surface area contributed by atoms with Gasteiger partial charge in [-0.3, -0.25) is 0 Å². The highest BCUT2D eigenvalue weighted by molar-refractivity contribution is 5.91. The fourth-order valence-electron chi connectivity index (χ4n) is 2.61. The molecule has 1 unspecified atom stereocenters. The summed E-state index contributed by atoms with van der Waals surface area (Å²) in [6, 6.07) is 3.49. The highest BCUT2D eigenvalue weighted by atomic mass is 16.5. The molecule has 3 heterocycles. The molecule has 100 valence electrons. The SMILES string of the molecule is CCOC(=O)C1CCCN1c1nccc2occc12. The van der Waals surface area contributed by atoms with Gasteiger partial charge in [0.25, 0.3) is 0 Å². The number of carbonyl (C=O) groups is 1. The molecule has 5 heteroatoms. The summed E-state index contributed by atoms with van der Waals surface area (Å²) in [5, 5.41) is 0.943. The zero-order valence-corrected chi connectivity index (χ0v) is 10.8. The summed E-state index contributed by atoms with van der Waals surface area (Å²) in [5.41, 5.74) is 0.791. The smallest absolute Gasteiger partial charge is 0.328 e. The van der Waals surface area contributed by atoms with Gasteiger partial charge in [0, 0.05) is 12.7 Å². The number of rotatable bonds is 3. The Hall–Kier alpha value is -2.04. The Labute approximate surface area is 111 Å². The standard InChI is InChI=1S/C14H16N2O3/c1-2-18-14(17)11-4-3-8-16(11)13-10-6-9-19-12(10)5-7-15-13/h5-7,9,11H,2-4,8H2,1H3. The molecule has 0 radical (unpaired) electrons. The van der Waals surface area contributed by atoms with E-state index in [4.69, 9.17) is 9.15 Å². The van der Waals surface area contributed by atoms with Gasteiger partial charge < -0.3 is 14.1 Å². The van der Waals surface area contributed by atoms with Crippen LogP contribution in [0.25, 0.3) is 11.0 Å². The number of pyridine rings is 1. The summed E-state index contributed by atoms with van der Waals surface area (Å²) in [5.74, 6) is 0.643. The Balaban J connectivity index is 1.96. The lowest BCUT2D eigenvalue weighted by molar-refractivity contribution is -0.144. The quantitative estimate of drug-likeness (QED) is 0.793. The zero-order chi connectivity index (χ0) is 13.2. The van der Waals surface area contributed by atoms with Crippen molar-refractivity contribution in [2.24, 2.45) is 0 Å². The van der Waals surface area contributed by atoms with Crippen molar-refractivity contribution in [3.63, 3.8) is 0 Å². The van der Waals surface area contributed by atoms with Gasteiger partial charge >= 0.3 is 5.97 Å². The second-order valence-corrected chi connectivity index (χ2v) is 4.57. The fourth-order valence-corrected chi connectivity index (χ4v) is 2.61. The van der Waals surface area contributed by atoms with E-state index in [1.165, 1.54) is 0 Å². The first kappa shape index (κ1) is 12.0. The fraction of sp³-hybridized carbons (Fsp3) is 0.429. The molecule has 1 aliphatic heterocycles. The van der Waals surface area contributed by atoms with E-state index in [-0.39, 0.29) is 12.0 Å². The van der Waals surface area contributed by atoms with Crippen LogP contribution in [0.3, 0.4) is 0 Å². The molecule has 0 amide bonds. The van der Waals surface area contributed by atoms with Gasteiger partial charge in [-0.15, -0.1) is 0 Å². The number of carbonyl (C=O) groups excluding carboxylic acids is 1. The minimum atomic E-state index is -0.229. The molecular formula is C14H16N2O3. The third-order valence-corrected chi connectivity index (χ3v) is 3.44. The minimum absolute atomic E-state index is 0.165. The van der Waals surface area contributed by atoms with Crippen LogP contribution in [-0.4, -0.2) is 30.1 Å². The van der Waals surface area contributed by atoms with E-state index in [2.05, 4.69) is 4.98 Å². The molecule has 2 aromatic rings. The second-order valence-electron chi connectivity index (χ2n) is 4.57. The van der Waals surface area contributed by atoms with Crippen LogP contribution in [0, 0.1) is 0 Å². The van der Waals surface area contributed by atoms with Crippen LogP contribution in [0.4, 0.5) is 5.82 Å². The minimum Gasteiger partial charge on any atom is -0.464 e. The molecule has 3 rings (SSSR count). The number of fused-ring (bicyclic) bond motifs is 1. The van der Waals surface area contributed by atoms with Crippen molar-refractivity contribution >= 4 is 22.8 Å². The summed E-state index contributed by atoms with van der Waals surface area (Å²) in [7, 11) is 0. The average Bonchev–Trinajstić information content (AvgIpc) is 3.07. The molecule has 1 atom stereocenters. The lowest BCUT2D eigenvalue weighted by Gasteiger charge is -2.24. The summed E-state index contributed by atoms with van der Waals surface area (Å²) < 4.78 is 10.5. The normalized spacial score (nSPS) is 19.0. The topological polar surface area (TPSA) is 55.6 Å². The molecule has 0 saturated carbocycles. The highest BCUT2D eigenvalue weighted by Gasteiger charge is 2.33. The molecule has 19 heavy (non-hydrogen) atoms. The van der Waals surface area contributed by atoms with Crippen molar-refractivity contribution in [2.45, 2.75) is 25.8 Å². The Bertz CT molecular complexity index is 593. The number of hydrogen-bond donors (Lipinski definition) is 0. The lowest BCUT2D eigenvalue weighted by Crippen LogP contribution is -2.37. The van der Waals surface area contributed by atoms with Crippen LogP contribution in [0.5, 0.6) is 0 Å². The van der Waals surface area contributed by atoms with E-state index in [1.54, 1.807) is 12.5 Å². The number of esters is 1. The maximum absolute atomic E-state index is 12.0. The zero-order valence-electron chi connectivity index (χ0n) is 10.8. The van der Waals surface area contributed by atoms with Crippen molar-refractivity contribution in [2.75, 3.05) is 18.1 Å². The van der Waals surface area contributed by atoms with E-state index in [9.17, 15) is 4.79 Å². The Morgan fingerprint density at radius 2 is 2.47 bits per heavy atom. The highest BCUT2D eigenvalue weighted by Crippen LogP contribution is 2.31.